The van der Waals surface area contributed by atoms with E-state index in [0.29, 0.717) is 12.1 Å². The van der Waals surface area contributed by atoms with Crippen LogP contribution in [-0.4, -0.2) is 41.2 Å². The first-order valence-electron chi connectivity index (χ1n) is 10.4. The Balaban J connectivity index is 1.69. The number of ether oxygens (including phenoxy) is 1. The second-order valence-electron chi connectivity index (χ2n) is 7.76. The Labute approximate surface area is 195 Å². The molecule has 0 bridgehead atoms. The molecular weight excluding hydrogens is 476 g/mol. The summed E-state index contributed by atoms with van der Waals surface area (Å²) in [5.74, 6) is -2.31. The molecule has 1 aliphatic rings. The highest BCUT2D eigenvalue weighted by atomic mass is 79.9. The van der Waals surface area contributed by atoms with E-state index in [0.717, 1.165) is 26.9 Å². The molecule has 1 N–H and O–H groups in total. The molecule has 32 heavy (non-hydrogen) atoms. The molecule has 7 nitrogen and oxygen atoms in total. The number of unbranched alkanes of at least 4 members (excludes halogenated alkanes) is 1. The van der Waals surface area contributed by atoms with Crippen LogP contribution >= 0.6 is 15.9 Å². The SMILES string of the molecule is CCCC[C@H](C(=O)OCC(=O)Nc1cc(C)c(Br)c(C)c1)N1C(=O)c2ccccc2C1=O. The summed E-state index contributed by atoms with van der Waals surface area (Å²) >= 11 is 3.48. The van der Waals surface area contributed by atoms with E-state index in [-0.39, 0.29) is 17.5 Å². The van der Waals surface area contributed by atoms with Crippen LogP contribution < -0.4 is 5.32 Å². The highest BCUT2D eigenvalue weighted by molar-refractivity contribution is 9.10. The van der Waals surface area contributed by atoms with E-state index in [2.05, 4.69) is 21.2 Å². The number of nitrogens with one attached hydrogen (secondary N) is 1. The lowest BCUT2D eigenvalue weighted by Gasteiger charge is -2.24. The van der Waals surface area contributed by atoms with Crippen LogP contribution in [0.1, 0.15) is 58.0 Å². The third-order valence-electron chi connectivity index (χ3n) is 5.31. The zero-order valence-electron chi connectivity index (χ0n) is 18.2. The number of rotatable bonds is 8. The number of benzene rings is 2. The lowest BCUT2D eigenvalue weighted by atomic mass is 10.1. The smallest absolute Gasteiger partial charge is 0.329 e. The van der Waals surface area contributed by atoms with Gasteiger partial charge in [0.2, 0.25) is 0 Å². The van der Waals surface area contributed by atoms with Gasteiger partial charge in [0.15, 0.2) is 6.61 Å². The largest absolute Gasteiger partial charge is 0.454 e. The quantitative estimate of drug-likeness (QED) is 0.428. The molecule has 0 saturated carbocycles. The lowest BCUT2D eigenvalue weighted by Crippen LogP contribution is -2.46. The van der Waals surface area contributed by atoms with Crippen molar-refractivity contribution in [2.24, 2.45) is 0 Å². The van der Waals surface area contributed by atoms with Crippen molar-refractivity contribution in [3.63, 3.8) is 0 Å². The maximum atomic E-state index is 12.8. The van der Waals surface area contributed by atoms with E-state index < -0.39 is 36.3 Å². The summed E-state index contributed by atoms with van der Waals surface area (Å²) in [6.45, 7) is 5.25. The van der Waals surface area contributed by atoms with Gasteiger partial charge in [0, 0.05) is 10.2 Å². The van der Waals surface area contributed by atoms with Crippen LogP contribution in [0.4, 0.5) is 5.69 Å². The summed E-state index contributed by atoms with van der Waals surface area (Å²) in [6.07, 6.45) is 1.67. The van der Waals surface area contributed by atoms with Crippen LogP contribution in [0.5, 0.6) is 0 Å². The highest BCUT2D eigenvalue weighted by Gasteiger charge is 2.43. The Morgan fingerprint density at radius 2 is 1.62 bits per heavy atom. The van der Waals surface area contributed by atoms with Crippen molar-refractivity contribution in [2.75, 3.05) is 11.9 Å². The molecule has 3 rings (SSSR count). The zero-order chi connectivity index (χ0) is 23.4. The molecule has 1 aliphatic heterocycles. The van der Waals surface area contributed by atoms with Crippen LogP contribution in [-0.2, 0) is 14.3 Å². The van der Waals surface area contributed by atoms with E-state index in [4.69, 9.17) is 4.74 Å². The summed E-state index contributed by atoms with van der Waals surface area (Å²) in [6, 6.07) is 9.00. The van der Waals surface area contributed by atoms with Gasteiger partial charge in [-0.2, -0.15) is 0 Å². The number of aryl methyl sites for hydroxylation is 2. The Morgan fingerprint density at radius 1 is 1.06 bits per heavy atom. The van der Waals surface area contributed by atoms with Gasteiger partial charge in [0.25, 0.3) is 17.7 Å². The number of carbonyl (C=O) groups excluding carboxylic acids is 4. The van der Waals surface area contributed by atoms with E-state index in [1.807, 2.05) is 20.8 Å². The van der Waals surface area contributed by atoms with Gasteiger partial charge in [0.1, 0.15) is 6.04 Å². The normalized spacial score (nSPS) is 13.7. The third kappa shape index (κ3) is 4.91. The maximum Gasteiger partial charge on any atom is 0.329 e. The molecule has 1 atom stereocenters. The molecular formula is C24H25BrN2O5. The molecule has 2 aromatic carbocycles. The van der Waals surface area contributed by atoms with Crippen molar-refractivity contribution in [2.45, 2.75) is 46.1 Å². The fourth-order valence-electron chi connectivity index (χ4n) is 3.69. The zero-order valence-corrected chi connectivity index (χ0v) is 19.8. The van der Waals surface area contributed by atoms with Gasteiger partial charge in [-0.3, -0.25) is 19.3 Å². The number of hydrogen-bond acceptors (Lipinski definition) is 5. The van der Waals surface area contributed by atoms with Gasteiger partial charge in [-0.25, -0.2) is 4.79 Å². The molecule has 3 amide bonds. The van der Waals surface area contributed by atoms with E-state index in [1.54, 1.807) is 36.4 Å². The van der Waals surface area contributed by atoms with E-state index in [1.165, 1.54) is 0 Å². The molecule has 0 radical (unpaired) electrons. The molecule has 1 heterocycles. The van der Waals surface area contributed by atoms with Crippen LogP contribution in [0.25, 0.3) is 0 Å². The minimum absolute atomic E-state index is 0.269. The molecule has 0 spiro atoms. The van der Waals surface area contributed by atoms with Gasteiger partial charge in [-0.05, 0) is 55.7 Å². The lowest BCUT2D eigenvalue weighted by molar-refractivity contribution is -0.151. The first-order chi connectivity index (χ1) is 15.2. The monoisotopic (exact) mass is 500 g/mol. The average Bonchev–Trinajstić information content (AvgIpc) is 3.01. The summed E-state index contributed by atoms with van der Waals surface area (Å²) in [5, 5.41) is 2.71. The van der Waals surface area contributed by atoms with Crippen molar-refractivity contribution in [3.8, 4) is 0 Å². The minimum atomic E-state index is -1.08. The molecule has 0 aromatic heterocycles. The minimum Gasteiger partial charge on any atom is -0.454 e. The van der Waals surface area contributed by atoms with Gasteiger partial charge in [-0.1, -0.05) is 47.8 Å². The molecule has 2 aromatic rings. The van der Waals surface area contributed by atoms with E-state index >= 15 is 0 Å². The second-order valence-corrected chi connectivity index (χ2v) is 8.56. The van der Waals surface area contributed by atoms with Gasteiger partial charge < -0.3 is 10.1 Å². The number of hydrogen-bond donors (Lipinski definition) is 1. The van der Waals surface area contributed by atoms with Crippen LogP contribution in [0.3, 0.4) is 0 Å². The molecule has 8 heteroatoms. The molecule has 0 fully saturated rings. The standard InChI is InChI=1S/C24H25BrN2O5/c1-4-5-10-19(27-22(29)17-8-6-7-9-18(17)23(27)30)24(31)32-13-20(28)26-16-11-14(2)21(25)15(3)12-16/h6-9,11-12,19H,4-5,10,13H2,1-3H3,(H,26,28)/t19-/m1/s1. The molecule has 0 unspecified atom stereocenters. The average molecular weight is 501 g/mol. The third-order valence-corrected chi connectivity index (χ3v) is 6.56. The Bertz CT molecular complexity index is 1020. The Morgan fingerprint density at radius 3 is 2.16 bits per heavy atom. The summed E-state index contributed by atoms with van der Waals surface area (Å²) in [4.78, 5) is 51.7. The number of nitrogens with zero attached hydrogens (tertiary/aromatic N) is 1. The van der Waals surface area contributed by atoms with Crippen LogP contribution in [0, 0.1) is 13.8 Å². The topological polar surface area (TPSA) is 92.8 Å². The van der Waals surface area contributed by atoms with Crippen LogP contribution in [0.2, 0.25) is 0 Å². The fraction of sp³-hybridized carbons (Fsp3) is 0.333. The molecule has 0 aliphatic carbocycles. The molecule has 0 saturated heterocycles. The van der Waals surface area contributed by atoms with Crippen molar-refractivity contribution >= 4 is 45.3 Å². The van der Waals surface area contributed by atoms with Gasteiger partial charge >= 0.3 is 5.97 Å². The second kappa shape index (κ2) is 10.1. The Kier molecular flexibility index (Phi) is 7.45. The Hall–Kier alpha value is -3.00. The molecule has 168 valence electrons. The van der Waals surface area contributed by atoms with Crippen LogP contribution in [0.15, 0.2) is 40.9 Å². The summed E-state index contributed by atoms with van der Waals surface area (Å²) in [7, 11) is 0. The number of esters is 1. The van der Waals surface area contributed by atoms with Crippen molar-refractivity contribution in [1.29, 1.82) is 0 Å². The summed E-state index contributed by atoms with van der Waals surface area (Å²) < 4.78 is 6.18. The van der Waals surface area contributed by atoms with Gasteiger partial charge in [0.05, 0.1) is 11.1 Å². The fourth-order valence-corrected chi connectivity index (χ4v) is 3.92. The summed E-state index contributed by atoms with van der Waals surface area (Å²) in [5.41, 5.74) is 3.05. The van der Waals surface area contributed by atoms with Crippen molar-refractivity contribution < 1.29 is 23.9 Å². The van der Waals surface area contributed by atoms with E-state index in [9.17, 15) is 19.2 Å². The predicted octanol–water partition coefficient (Wildman–Crippen LogP) is 4.40. The number of anilines is 1. The number of carbonyl (C=O) groups is 4. The number of amides is 3. The number of fused-ring (bicyclic) bond motifs is 1. The number of halogens is 1. The first-order valence-corrected chi connectivity index (χ1v) is 11.2. The van der Waals surface area contributed by atoms with Crippen molar-refractivity contribution in [3.05, 3.63) is 63.1 Å². The highest BCUT2D eigenvalue weighted by Crippen LogP contribution is 2.27. The van der Waals surface area contributed by atoms with Gasteiger partial charge in [-0.15, -0.1) is 0 Å². The predicted molar refractivity (Wildman–Crippen MR) is 123 cm³/mol. The maximum absolute atomic E-state index is 12.8. The number of imide groups is 1. The van der Waals surface area contributed by atoms with Crippen molar-refractivity contribution in [1.82, 2.24) is 4.90 Å². The first kappa shape index (κ1) is 23.7.